The van der Waals surface area contributed by atoms with Crippen LogP contribution in [0.4, 0.5) is 13.2 Å². The fraction of sp³-hybridized carbons (Fsp3) is 0.148. The molecule has 9 rings (SSSR count). The van der Waals surface area contributed by atoms with Crippen molar-refractivity contribution in [1.82, 2.24) is 15.0 Å². The molecule has 0 unspecified atom stereocenters. The highest BCUT2D eigenvalue weighted by atomic mass is 79.9. The molecule has 0 fully saturated rings. The molecule has 0 amide bonds. The number of alkyl halides is 3. The molecule has 0 saturated heterocycles. The van der Waals surface area contributed by atoms with Gasteiger partial charge in [-0.05, 0) is 144 Å². The zero-order valence-electron chi connectivity index (χ0n) is 42.9. The maximum absolute atomic E-state index is 12.9. The Kier molecular flexibility index (Phi) is 19.6. The van der Waals surface area contributed by atoms with E-state index in [4.69, 9.17) is 18.9 Å². The quantitative estimate of drug-likeness (QED) is 0.0568. The molecule has 0 saturated carbocycles. The summed E-state index contributed by atoms with van der Waals surface area (Å²) in [6.45, 7) is 0. The minimum absolute atomic E-state index is 0.0576. The van der Waals surface area contributed by atoms with Crippen molar-refractivity contribution in [2.75, 3.05) is 28.4 Å². The van der Waals surface area contributed by atoms with Crippen LogP contribution in [0.3, 0.4) is 0 Å². The highest BCUT2D eigenvalue weighted by Crippen LogP contribution is 2.35. The average molecular weight is 1400 g/mol. The highest BCUT2D eigenvalue weighted by Gasteiger charge is 2.48. The van der Waals surface area contributed by atoms with E-state index in [0.29, 0.717) is 63.2 Å². The molecule has 0 aliphatic rings. The zero-order valence-corrected chi connectivity index (χ0v) is 50.9. The molecule has 0 aliphatic heterocycles. The Balaban J connectivity index is 0.000000178. The van der Waals surface area contributed by atoms with Gasteiger partial charge in [-0.2, -0.15) is 21.6 Å². The first-order valence-electron chi connectivity index (χ1n) is 23.2. The Morgan fingerprint density at radius 1 is 0.488 bits per heavy atom. The number of methoxy groups -OCH3 is 4. The number of nitrogens with zero attached hydrogens (tertiary/aromatic N) is 3. The first-order chi connectivity index (χ1) is 38.5. The molecule has 3 aromatic heterocycles. The van der Waals surface area contributed by atoms with Gasteiger partial charge in [0.2, 0.25) is 0 Å². The molecular formula is C54H43Br3F3N3O15S4. The Bertz CT molecular complexity index is 4390. The monoisotopic (exact) mass is 1390 g/mol. The predicted molar refractivity (Wildman–Crippen MR) is 309 cm³/mol. The number of sulfone groups is 3. The van der Waals surface area contributed by atoms with Crippen molar-refractivity contribution in [3.63, 3.8) is 0 Å². The summed E-state index contributed by atoms with van der Waals surface area (Å²) in [5.41, 5.74) is -2.29. The first kappa shape index (κ1) is 62.6. The van der Waals surface area contributed by atoms with Gasteiger partial charge in [-0.25, -0.2) is 30.0 Å². The van der Waals surface area contributed by atoms with Gasteiger partial charge in [-0.3, -0.25) is 15.0 Å². The summed E-state index contributed by atoms with van der Waals surface area (Å²) in [7, 11) is -11.5. The van der Waals surface area contributed by atoms with Gasteiger partial charge in [-0.1, -0.05) is 47.8 Å². The van der Waals surface area contributed by atoms with Crippen molar-refractivity contribution in [2.45, 2.75) is 37.5 Å². The molecule has 1 N–H and O–H groups in total. The van der Waals surface area contributed by atoms with Crippen LogP contribution in [-0.4, -0.2) is 93.6 Å². The summed E-state index contributed by atoms with van der Waals surface area (Å²) in [4.78, 5) is 24.5. The van der Waals surface area contributed by atoms with Gasteiger partial charge >= 0.3 is 21.6 Å². The number of ether oxygens (including phenoxy) is 4. The van der Waals surface area contributed by atoms with Crippen LogP contribution >= 0.6 is 47.8 Å². The minimum atomic E-state index is -5.84. The van der Waals surface area contributed by atoms with E-state index in [2.05, 4.69) is 66.9 Å². The lowest BCUT2D eigenvalue weighted by molar-refractivity contribution is -0.0500. The molecule has 0 bridgehead atoms. The number of pyridine rings is 3. The van der Waals surface area contributed by atoms with Crippen LogP contribution < -0.4 is 18.4 Å². The van der Waals surface area contributed by atoms with Crippen LogP contribution in [0, 0.1) is 0 Å². The molecule has 28 heteroatoms. The summed E-state index contributed by atoms with van der Waals surface area (Å²) in [6, 6.07) is 32.0. The third-order valence-corrected chi connectivity index (χ3v) is 19.1. The number of rotatable bonds is 15. The number of hydrogen-bond donors (Lipinski definition) is 1. The summed E-state index contributed by atoms with van der Waals surface area (Å²) in [5, 5.41) is 11.1. The lowest BCUT2D eigenvalue weighted by Crippen LogP contribution is -2.28. The van der Waals surface area contributed by atoms with E-state index in [0.717, 1.165) is 12.1 Å². The Morgan fingerprint density at radius 3 is 1.23 bits per heavy atom. The van der Waals surface area contributed by atoms with Crippen molar-refractivity contribution in [3.8, 4) is 28.7 Å². The Labute approximate surface area is 493 Å². The fourth-order valence-corrected chi connectivity index (χ4v) is 14.3. The first-order valence-corrected chi connectivity index (χ1v) is 31.9. The van der Waals surface area contributed by atoms with Crippen LogP contribution in [0.2, 0.25) is 0 Å². The van der Waals surface area contributed by atoms with E-state index in [-0.39, 0.29) is 54.4 Å². The third-order valence-electron chi connectivity index (χ3n) is 11.5. The van der Waals surface area contributed by atoms with Crippen molar-refractivity contribution in [2.24, 2.45) is 0 Å². The molecule has 9 aromatic rings. The van der Waals surface area contributed by atoms with Crippen molar-refractivity contribution < 1.29 is 79.9 Å². The Morgan fingerprint density at radius 2 is 0.854 bits per heavy atom. The third kappa shape index (κ3) is 15.4. The number of phenolic OH excluding ortho intramolecular Hbond substituents is 1. The standard InChI is InChI=1S/C19H16BrNO5S.C18H13BrF3NO6S2.C17H14BrNO4S/c1-25-17-6-4-15(20)9-18(17)27(23,24)11-12-7-14-8-13(19(22)26-2)3-5-16(14)21-10-12;1-28-16-5-2-13(19)8-17(16)30(24,25)10-11-6-12-7-14(3-4-15(12)23-9-11)29-31(26,27)18(20,21)22;1-23-16-5-2-13(18)8-17(16)24(21,22)10-11-6-12-7-14(20)3-4-15(12)19-9-11/h3-10H,11H2,1-2H3;2-9H,10H2,1H3;2-9,20H,10H2,1H3. The number of hydrogen-bond acceptors (Lipinski definition) is 18. The molecule has 0 spiro atoms. The van der Waals surface area contributed by atoms with Crippen molar-refractivity contribution >= 4 is 126 Å². The SMILES string of the molecule is COC(=O)c1ccc2ncc(CS(=O)(=O)c3cc(Br)ccc3OC)cc2c1.COc1ccc(Br)cc1S(=O)(=O)Cc1cnc2ccc(O)cc2c1.COc1ccc(Br)cc1S(=O)(=O)Cc1cnc2ccc(OS(=O)(=O)C(F)(F)F)cc2c1. The summed E-state index contributed by atoms with van der Waals surface area (Å²) >= 11 is 9.78. The van der Waals surface area contributed by atoms with Gasteiger partial charge in [0.1, 0.15) is 43.4 Å². The van der Waals surface area contributed by atoms with Crippen LogP contribution in [0.5, 0.6) is 28.7 Å². The van der Waals surface area contributed by atoms with Crippen LogP contribution in [-0.2, 0) is 61.6 Å². The lowest BCUT2D eigenvalue weighted by atomic mass is 10.1. The van der Waals surface area contributed by atoms with Crippen LogP contribution in [0.15, 0.2) is 174 Å². The predicted octanol–water partition coefficient (Wildman–Crippen LogP) is 11.7. The maximum atomic E-state index is 12.9. The van der Waals surface area contributed by atoms with Gasteiger partial charge in [0.15, 0.2) is 29.5 Å². The maximum Gasteiger partial charge on any atom is 0.534 e. The van der Waals surface area contributed by atoms with E-state index >= 15 is 0 Å². The molecule has 6 aromatic carbocycles. The minimum Gasteiger partial charge on any atom is -0.508 e. The van der Waals surface area contributed by atoms with Crippen molar-refractivity contribution in [3.05, 3.63) is 182 Å². The number of aromatic nitrogens is 3. The molecule has 0 aliphatic carbocycles. The van der Waals surface area contributed by atoms with E-state index in [1.807, 2.05) is 0 Å². The smallest absolute Gasteiger partial charge is 0.508 e. The fourth-order valence-electron chi connectivity index (χ4n) is 7.78. The molecule has 18 nitrogen and oxygen atoms in total. The molecular weight excluding hydrogens is 1360 g/mol. The van der Waals surface area contributed by atoms with E-state index < -0.39 is 62.6 Å². The molecule has 82 heavy (non-hydrogen) atoms. The molecule has 0 radical (unpaired) electrons. The summed E-state index contributed by atoms with van der Waals surface area (Å²) in [5.74, 6) is -1.15. The number of esters is 1. The number of benzene rings is 6. The van der Waals surface area contributed by atoms with E-state index in [1.165, 1.54) is 89.5 Å². The van der Waals surface area contributed by atoms with Gasteiger partial charge < -0.3 is 28.2 Å². The molecule has 3 heterocycles. The topological polar surface area (TPSA) is 259 Å². The summed E-state index contributed by atoms with van der Waals surface area (Å²) in [6.07, 6.45) is 4.35. The van der Waals surface area contributed by atoms with Crippen LogP contribution in [0.25, 0.3) is 32.7 Å². The van der Waals surface area contributed by atoms with Gasteiger partial charge in [0, 0.05) is 48.2 Å². The second-order valence-corrected chi connectivity index (χ2v) is 27.5. The second-order valence-electron chi connectivity index (χ2n) is 17.3. The van der Waals surface area contributed by atoms with Crippen LogP contribution in [0.1, 0.15) is 27.0 Å². The summed E-state index contributed by atoms with van der Waals surface area (Å²) < 4.78 is 163. The molecule has 430 valence electrons. The number of phenols is 1. The van der Waals surface area contributed by atoms with Gasteiger partial charge in [0.25, 0.3) is 0 Å². The highest BCUT2D eigenvalue weighted by molar-refractivity contribution is 9.11. The van der Waals surface area contributed by atoms with E-state index in [1.54, 1.807) is 72.8 Å². The number of carbonyl (C=O) groups excluding carboxylic acids is 1. The Hall–Kier alpha value is -6.95. The normalized spacial score (nSPS) is 11.9. The average Bonchev–Trinajstić information content (AvgIpc) is 3.51. The zero-order chi connectivity index (χ0) is 60.0. The molecule has 0 atom stereocenters. The van der Waals surface area contributed by atoms with Crippen molar-refractivity contribution in [1.29, 1.82) is 0 Å². The number of fused-ring (bicyclic) bond motifs is 3. The number of carbonyl (C=O) groups is 1. The lowest BCUT2D eigenvalue weighted by Gasteiger charge is -2.11. The van der Waals surface area contributed by atoms with E-state index in [9.17, 15) is 56.7 Å². The largest absolute Gasteiger partial charge is 0.534 e. The number of aromatic hydroxyl groups is 1. The number of halogens is 6. The van der Waals surface area contributed by atoms with Gasteiger partial charge in [0.05, 0.1) is 67.8 Å². The van der Waals surface area contributed by atoms with Gasteiger partial charge in [-0.15, -0.1) is 0 Å². The second kappa shape index (κ2) is 25.7.